The molecule has 1 aromatic carbocycles. The highest BCUT2D eigenvalue weighted by atomic mass is 79.9. The Morgan fingerprint density at radius 2 is 1.95 bits per heavy atom. The van der Waals surface area contributed by atoms with Crippen LogP contribution in [0.15, 0.2) is 40.2 Å². The Morgan fingerprint density at radius 3 is 2.63 bits per heavy atom. The van der Waals surface area contributed by atoms with Gasteiger partial charge < -0.3 is 9.80 Å². The van der Waals surface area contributed by atoms with E-state index in [0.717, 1.165) is 33.8 Å². The lowest BCUT2D eigenvalue weighted by Crippen LogP contribution is -2.42. The number of amides is 1. The monoisotopic (exact) mass is 336 g/mol. The summed E-state index contributed by atoms with van der Waals surface area (Å²) < 4.78 is 0.874. The normalized spacial score (nSPS) is 14.4. The molecule has 0 bridgehead atoms. The molecule has 0 saturated carbocycles. The smallest absolute Gasteiger partial charge is 0.269 e. The molecule has 0 radical (unpaired) electrons. The van der Waals surface area contributed by atoms with Gasteiger partial charge in [-0.25, -0.2) is 0 Å². The third kappa shape index (κ3) is 2.17. The molecule has 0 spiro atoms. The molecular weight excluding hydrogens is 324 g/mol. The summed E-state index contributed by atoms with van der Waals surface area (Å²) in [6, 6.07) is 9.95. The van der Waals surface area contributed by atoms with Crippen molar-refractivity contribution in [3.05, 3.63) is 45.1 Å². The maximum absolute atomic E-state index is 12.6. The van der Waals surface area contributed by atoms with Crippen LogP contribution in [0.2, 0.25) is 0 Å². The van der Waals surface area contributed by atoms with E-state index >= 15 is 0 Å². The molecule has 1 amide bonds. The third-order valence-corrected chi connectivity index (χ3v) is 5.13. The van der Waals surface area contributed by atoms with E-state index < -0.39 is 0 Å². The Balaban J connectivity index is 2.01. The predicted molar refractivity (Wildman–Crippen MR) is 83.4 cm³/mol. The summed E-state index contributed by atoms with van der Waals surface area (Å²) in [5.41, 5.74) is 2.09. The lowest BCUT2D eigenvalue weighted by molar-refractivity contribution is 0.0990. The second kappa shape index (κ2) is 4.98. The molecule has 0 atom stereocenters. The van der Waals surface area contributed by atoms with E-state index in [2.05, 4.69) is 33.9 Å². The minimum Gasteiger partial charge on any atom is -0.371 e. The SMILES string of the molecule is CN1CCN(C(=O)c2sccc2Br)c2ccccc21. The Bertz CT molecular complexity index is 625. The molecular formula is C14H13BrN2OS. The van der Waals surface area contributed by atoms with E-state index in [-0.39, 0.29) is 5.91 Å². The second-order valence-electron chi connectivity index (χ2n) is 4.46. The summed E-state index contributed by atoms with van der Waals surface area (Å²) in [6.45, 7) is 1.57. The molecule has 2 heterocycles. The van der Waals surface area contributed by atoms with Crippen molar-refractivity contribution in [2.45, 2.75) is 0 Å². The Labute approximate surface area is 124 Å². The van der Waals surface area contributed by atoms with Crippen LogP contribution in [-0.2, 0) is 0 Å². The third-order valence-electron chi connectivity index (χ3n) is 3.30. The highest BCUT2D eigenvalue weighted by Crippen LogP contribution is 2.34. The lowest BCUT2D eigenvalue weighted by Gasteiger charge is -2.35. The number of hydrogen-bond donors (Lipinski definition) is 0. The van der Waals surface area contributed by atoms with Gasteiger partial charge in [-0.1, -0.05) is 12.1 Å². The quantitative estimate of drug-likeness (QED) is 0.794. The number of likely N-dealkylation sites (N-methyl/N-ethyl adjacent to an activating group) is 1. The van der Waals surface area contributed by atoms with Gasteiger partial charge in [0.1, 0.15) is 4.88 Å². The zero-order chi connectivity index (χ0) is 13.4. The number of benzene rings is 1. The molecule has 2 aromatic rings. The minimum absolute atomic E-state index is 0.0717. The molecule has 3 rings (SSSR count). The largest absolute Gasteiger partial charge is 0.371 e. The highest BCUT2D eigenvalue weighted by molar-refractivity contribution is 9.10. The fourth-order valence-electron chi connectivity index (χ4n) is 2.29. The van der Waals surface area contributed by atoms with Crippen LogP contribution in [0.1, 0.15) is 9.67 Å². The Hall–Kier alpha value is -1.33. The zero-order valence-electron chi connectivity index (χ0n) is 10.5. The molecule has 5 heteroatoms. The number of para-hydroxylation sites is 2. The number of thiophene rings is 1. The second-order valence-corrected chi connectivity index (χ2v) is 6.24. The van der Waals surface area contributed by atoms with E-state index in [1.165, 1.54) is 11.3 Å². The van der Waals surface area contributed by atoms with Crippen molar-refractivity contribution in [2.24, 2.45) is 0 Å². The molecule has 0 saturated heterocycles. The van der Waals surface area contributed by atoms with Crippen molar-refractivity contribution in [3.63, 3.8) is 0 Å². The fourth-order valence-corrected chi connectivity index (χ4v) is 3.77. The molecule has 98 valence electrons. The van der Waals surface area contributed by atoms with Gasteiger partial charge in [0.25, 0.3) is 5.91 Å². The summed E-state index contributed by atoms with van der Waals surface area (Å²) in [7, 11) is 2.06. The van der Waals surface area contributed by atoms with Crippen molar-refractivity contribution in [1.82, 2.24) is 0 Å². The van der Waals surface area contributed by atoms with Crippen molar-refractivity contribution in [1.29, 1.82) is 0 Å². The number of anilines is 2. The molecule has 0 aliphatic carbocycles. The lowest BCUT2D eigenvalue weighted by atomic mass is 10.1. The number of halogens is 1. The van der Waals surface area contributed by atoms with Gasteiger partial charge in [-0.2, -0.15) is 0 Å². The molecule has 0 unspecified atom stereocenters. The van der Waals surface area contributed by atoms with Crippen LogP contribution in [0.5, 0.6) is 0 Å². The number of rotatable bonds is 1. The van der Waals surface area contributed by atoms with Gasteiger partial charge in [0, 0.05) is 24.6 Å². The van der Waals surface area contributed by atoms with Gasteiger partial charge in [0.2, 0.25) is 0 Å². The maximum Gasteiger partial charge on any atom is 0.269 e. The van der Waals surface area contributed by atoms with Crippen LogP contribution in [0, 0.1) is 0 Å². The summed E-state index contributed by atoms with van der Waals surface area (Å²) in [6.07, 6.45) is 0. The first kappa shape index (κ1) is 12.7. The Morgan fingerprint density at radius 1 is 1.21 bits per heavy atom. The topological polar surface area (TPSA) is 23.6 Å². The van der Waals surface area contributed by atoms with Crippen molar-refractivity contribution >= 4 is 44.5 Å². The van der Waals surface area contributed by atoms with Gasteiger partial charge in [-0.15, -0.1) is 11.3 Å². The highest BCUT2D eigenvalue weighted by Gasteiger charge is 2.27. The first-order chi connectivity index (χ1) is 9.18. The van der Waals surface area contributed by atoms with Gasteiger partial charge in [0.15, 0.2) is 0 Å². The first-order valence-corrected chi connectivity index (χ1v) is 7.71. The van der Waals surface area contributed by atoms with E-state index in [9.17, 15) is 4.79 Å². The molecule has 3 nitrogen and oxygen atoms in total. The van der Waals surface area contributed by atoms with E-state index in [0.29, 0.717) is 0 Å². The molecule has 1 aliphatic heterocycles. The zero-order valence-corrected chi connectivity index (χ0v) is 12.9. The van der Waals surface area contributed by atoms with Crippen molar-refractivity contribution < 1.29 is 4.79 Å². The van der Waals surface area contributed by atoms with Gasteiger partial charge in [-0.3, -0.25) is 4.79 Å². The van der Waals surface area contributed by atoms with Crippen LogP contribution >= 0.6 is 27.3 Å². The Kier molecular flexibility index (Phi) is 3.33. The van der Waals surface area contributed by atoms with E-state index in [4.69, 9.17) is 0 Å². The summed E-state index contributed by atoms with van der Waals surface area (Å²) >= 11 is 4.91. The summed E-state index contributed by atoms with van der Waals surface area (Å²) in [4.78, 5) is 17.5. The first-order valence-electron chi connectivity index (χ1n) is 6.03. The van der Waals surface area contributed by atoms with Crippen molar-refractivity contribution in [2.75, 3.05) is 29.9 Å². The number of hydrogen-bond acceptors (Lipinski definition) is 3. The van der Waals surface area contributed by atoms with Crippen LogP contribution in [0.4, 0.5) is 11.4 Å². The average Bonchev–Trinajstić information content (AvgIpc) is 2.85. The standard InChI is InChI=1S/C14H13BrN2OS/c1-16-7-8-17(12-5-3-2-4-11(12)16)14(18)13-10(15)6-9-19-13/h2-6,9H,7-8H2,1H3. The minimum atomic E-state index is 0.0717. The predicted octanol–water partition coefficient (Wildman–Crippen LogP) is 3.61. The number of carbonyl (C=O) groups is 1. The number of nitrogens with zero attached hydrogens (tertiary/aromatic N) is 2. The van der Waals surface area contributed by atoms with E-state index in [1.807, 2.05) is 34.5 Å². The summed E-state index contributed by atoms with van der Waals surface area (Å²) in [5, 5.41) is 1.93. The van der Waals surface area contributed by atoms with Crippen LogP contribution in [0.25, 0.3) is 0 Å². The van der Waals surface area contributed by atoms with E-state index in [1.54, 1.807) is 0 Å². The maximum atomic E-state index is 12.6. The molecule has 1 aliphatic rings. The molecule has 1 aromatic heterocycles. The van der Waals surface area contributed by atoms with Crippen LogP contribution in [-0.4, -0.2) is 26.0 Å². The van der Waals surface area contributed by atoms with Crippen molar-refractivity contribution in [3.8, 4) is 0 Å². The number of fused-ring (bicyclic) bond motifs is 1. The van der Waals surface area contributed by atoms with Gasteiger partial charge in [-0.05, 0) is 39.5 Å². The van der Waals surface area contributed by atoms with Crippen LogP contribution < -0.4 is 9.80 Å². The van der Waals surface area contributed by atoms with Gasteiger partial charge >= 0.3 is 0 Å². The molecule has 19 heavy (non-hydrogen) atoms. The summed E-state index contributed by atoms with van der Waals surface area (Å²) in [5.74, 6) is 0.0717. The van der Waals surface area contributed by atoms with Gasteiger partial charge in [0.05, 0.1) is 11.4 Å². The fraction of sp³-hybridized carbons (Fsp3) is 0.214. The average molecular weight is 337 g/mol. The molecule has 0 fully saturated rings. The number of carbonyl (C=O) groups excluding carboxylic acids is 1. The van der Waals surface area contributed by atoms with Crippen LogP contribution in [0.3, 0.4) is 0 Å². The molecule has 0 N–H and O–H groups in total.